The summed E-state index contributed by atoms with van der Waals surface area (Å²) in [5.41, 5.74) is 5.17. The maximum Gasteiger partial charge on any atom is 0.414 e. The van der Waals surface area contributed by atoms with Crippen LogP contribution < -0.4 is 10.4 Å². The Morgan fingerprint density at radius 1 is 1.21 bits per heavy atom. The molecule has 0 fully saturated rings. The minimum absolute atomic E-state index is 0.0448. The molecule has 1 heterocycles. The molecule has 0 spiro atoms. The number of carbonyl (C=O) groups is 1. The summed E-state index contributed by atoms with van der Waals surface area (Å²) in [5.74, 6) is 3.36. The first-order valence-corrected chi connectivity index (χ1v) is 14.1. The highest BCUT2D eigenvalue weighted by atomic mass is 28.3. The maximum absolute atomic E-state index is 12.8. The van der Waals surface area contributed by atoms with Gasteiger partial charge in [-0.05, 0) is 24.1 Å². The third-order valence-electron chi connectivity index (χ3n) is 5.02. The van der Waals surface area contributed by atoms with E-state index in [1.807, 2.05) is 0 Å². The minimum Gasteiger partial charge on any atom is -0.422 e. The van der Waals surface area contributed by atoms with Crippen LogP contribution in [0.3, 0.4) is 0 Å². The normalized spacial score (nSPS) is 11.0. The van der Waals surface area contributed by atoms with Crippen molar-refractivity contribution in [3.8, 4) is 17.2 Å². The predicted octanol–water partition coefficient (Wildman–Crippen LogP) is 4.89. The van der Waals surface area contributed by atoms with Gasteiger partial charge in [-0.25, -0.2) is 9.59 Å². The van der Waals surface area contributed by atoms with Gasteiger partial charge in [-0.1, -0.05) is 37.7 Å². The molecule has 176 valence electrons. The van der Waals surface area contributed by atoms with Gasteiger partial charge in [0.1, 0.15) is 13.7 Å². The average Bonchev–Trinajstić information content (AvgIpc) is 2.75. The Bertz CT molecular complexity index is 1410. The van der Waals surface area contributed by atoms with Gasteiger partial charge in [0.05, 0.1) is 10.5 Å². The Balaban J connectivity index is 2.17. The molecule has 3 rings (SSSR count). The van der Waals surface area contributed by atoms with Gasteiger partial charge in [-0.2, -0.15) is 0 Å². The summed E-state index contributed by atoms with van der Waals surface area (Å²) in [6, 6.07) is 9.43. The molecular formula is C25H26N2O6Si. The first-order valence-electron chi connectivity index (χ1n) is 10.6. The summed E-state index contributed by atoms with van der Waals surface area (Å²) in [5, 5.41) is 11.8. The molecule has 0 bridgehead atoms. The Labute approximate surface area is 198 Å². The number of hydrogen-bond donors (Lipinski definition) is 0. The van der Waals surface area contributed by atoms with Crippen molar-refractivity contribution >= 4 is 30.8 Å². The Hall–Kier alpha value is -3.90. The number of nitro groups is 1. The number of aryl methyl sites for hydroxylation is 1. The molecule has 0 aliphatic heterocycles. The molecule has 8 nitrogen and oxygen atoms in total. The maximum atomic E-state index is 12.8. The number of nitro benzene ring substituents is 1. The molecule has 0 aliphatic rings. The number of non-ortho nitro benzene ring substituents is 1. The van der Waals surface area contributed by atoms with E-state index in [1.165, 1.54) is 23.1 Å². The van der Waals surface area contributed by atoms with E-state index in [0.29, 0.717) is 27.6 Å². The number of fused-ring (bicyclic) bond motifs is 1. The number of benzene rings is 2. The number of amides is 1. The molecule has 0 aliphatic carbocycles. The number of carbonyl (C=O) groups excluding carboxylic acids is 1. The van der Waals surface area contributed by atoms with Gasteiger partial charge in [0, 0.05) is 49.7 Å². The molecule has 9 heteroatoms. The number of rotatable bonds is 4. The lowest BCUT2D eigenvalue weighted by Crippen LogP contribution is -2.25. The molecule has 0 unspecified atom stereocenters. The summed E-state index contributed by atoms with van der Waals surface area (Å²) in [7, 11) is 1.41. The van der Waals surface area contributed by atoms with Gasteiger partial charge in [0.15, 0.2) is 5.75 Å². The van der Waals surface area contributed by atoms with Gasteiger partial charge in [0.2, 0.25) is 0 Å². The Kier molecular flexibility index (Phi) is 6.93. The Morgan fingerprint density at radius 3 is 2.53 bits per heavy atom. The Morgan fingerprint density at radius 2 is 1.91 bits per heavy atom. The van der Waals surface area contributed by atoms with Gasteiger partial charge >= 0.3 is 11.7 Å². The molecule has 1 aromatic heterocycles. The summed E-state index contributed by atoms with van der Waals surface area (Å²) < 4.78 is 11.1. The second kappa shape index (κ2) is 9.53. The van der Waals surface area contributed by atoms with Crippen molar-refractivity contribution in [2.45, 2.75) is 33.0 Å². The zero-order valence-electron chi connectivity index (χ0n) is 20.0. The van der Waals surface area contributed by atoms with Crippen LogP contribution in [0, 0.1) is 28.5 Å². The molecular weight excluding hydrogens is 452 g/mol. The van der Waals surface area contributed by atoms with Crippen LogP contribution in [0.5, 0.6) is 5.75 Å². The topological polar surface area (TPSA) is 103 Å². The molecule has 1 amide bonds. The third-order valence-corrected chi connectivity index (χ3v) is 5.90. The molecule has 0 radical (unpaired) electrons. The summed E-state index contributed by atoms with van der Waals surface area (Å²) in [6.07, 6.45) is -0.393. The van der Waals surface area contributed by atoms with Crippen LogP contribution in [0.15, 0.2) is 45.6 Å². The highest BCUT2D eigenvalue weighted by Gasteiger charge is 2.18. The van der Waals surface area contributed by atoms with Crippen molar-refractivity contribution in [2.75, 3.05) is 14.1 Å². The third kappa shape index (κ3) is 5.71. The van der Waals surface area contributed by atoms with Gasteiger partial charge < -0.3 is 14.1 Å². The average molecular weight is 479 g/mol. The van der Waals surface area contributed by atoms with Crippen LogP contribution >= 0.6 is 0 Å². The second-order valence-corrected chi connectivity index (χ2v) is 14.0. The van der Waals surface area contributed by atoms with Crippen LogP contribution in [-0.4, -0.2) is 38.1 Å². The fraction of sp³-hybridized carbons (Fsp3) is 0.280. The number of nitrogens with zero attached hydrogens (tertiary/aromatic N) is 2. The number of hydrogen-bond acceptors (Lipinski definition) is 6. The smallest absolute Gasteiger partial charge is 0.414 e. The predicted molar refractivity (Wildman–Crippen MR) is 133 cm³/mol. The zero-order chi connectivity index (χ0) is 25.2. The quantitative estimate of drug-likeness (QED) is 0.174. The summed E-state index contributed by atoms with van der Waals surface area (Å²) in [4.78, 5) is 36.9. The SMILES string of the molecule is Cc1c(Cc2cccc([N+](=O)[O-])c2)c(=O)oc2cc(OC(=O)N(C)C)c(C#C[Si](C)(C)C)cc12. The van der Waals surface area contributed by atoms with Crippen LogP contribution in [0.1, 0.15) is 22.3 Å². The first kappa shape index (κ1) is 24.7. The summed E-state index contributed by atoms with van der Waals surface area (Å²) in [6.45, 7) is 8.11. The van der Waals surface area contributed by atoms with Crippen molar-refractivity contribution in [2.24, 2.45) is 0 Å². The summed E-state index contributed by atoms with van der Waals surface area (Å²) >= 11 is 0. The largest absolute Gasteiger partial charge is 0.422 e. The van der Waals surface area contributed by atoms with E-state index in [4.69, 9.17) is 9.15 Å². The fourth-order valence-corrected chi connectivity index (χ4v) is 3.74. The second-order valence-electron chi connectivity index (χ2n) is 9.20. The highest BCUT2D eigenvalue weighted by Crippen LogP contribution is 2.29. The zero-order valence-corrected chi connectivity index (χ0v) is 21.0. The van der Waals surface area contributed by atoms with Crippen molar-refractivity contribution < 1.29 is 18.9 Å². The van der Waals surface area contributed by atoms with Crippen LogP contribution in [0.2, 0.25) is 19.6 Å². The molecule has 0 saturated heterocycles. The monoisotopic (exact) mass is 478 g/mol. The molecule has 34 heavy (non-hydrogen) atoms. The van der Waals surface area contributed by atoms with Crippen molar-refractivity contribution in [1.82, 2.24) is 4.90 Å². The van der Waals surface area contributed by atoms with Crippen LogP contribution in [0.25, 0.3) is 11.0 Å². The van der Waals surface area contributed by atoms with E-state index < -0.39 is 24.7 Å². The van der Waals surface area contributed by atoms with E-state index in [9.17, 15) is 19.7 Å². The van der Waals surface area contributed by atoms with E-state index in [1.54, 1.807) is 39.2 Å². The van der Waals surface area contributed by atoms with E-state index in [2.05, 4.69) is 31.1 Å². The van der Waals surface area contributed by atoms with Gasteiger partial charge in [0.25, 0.3) is 5.69 Å². The van der Waals surface area contributed by atoms with E-state index in [0.717, 1.165) is 0 Å². The lowest BCUT2D eigenvalue weighted by molar-refractivity contribution is -0.384. The van der Waals surface area contributed by atoms with Crippen LogP contribution in [-0.2, 0) is 6.42 Å². The van der Waals surface area contributed by atoms with Crippen molar-refractivity contribution in [3.05, 3.63) is 79.2 Å². The molecule has 0 saturated carbocycles. The van der Waals surface area contributed by atoms with Gasteiger partial charge in [-0.3, -0.25) is 10.1 Å². The van der Waals surface area contributed by atoms with E-state index >= 15 is 0 Å². The number of ether oxygens (including phenoxy) is 1. The van der Waals surface area contributed by atoms with Crippen molar-refractivity contribution in [1.29, 1.82) is 0 Å². The lowest BCUT2D eigenvalue weighted by atomic mass is 9.98. The lowest BCUT2D eigenvalue weighted by Gasteiger charge is -2.14. The fourth-order valence-electron chi connectivity index (χ4n) is 3.23. The first-order chi connectivity index (χ1) is 15.9. The van der Waals surface area contributed by atoms with Crippen LogP contribution in [0.4, 0.5) is 10.5 Å². The molecule has 0 N–H and O–H groups in total. The standard InChI is InChI=1S/C25H26N2O6Si/c1-16-20-14-18(10-11-34(4,5)6)22(33-25(29)26(2)3)15-23(20)32-24(28)21(16)13-17-8-7-9-19(12-17)27(30)31/h7-9,12,14-15H,13H2,1-6H3. The van der Waals surface area contributed by atoms with Gasteiger partial charge in [-0.15, -0.1) is 5.54 Å². The highest BCUT2D eigenvalue weighted by molar-refractivity contribution is 6.83. The van der Waals surface area contributed by atoms with Crippen molar-refractivity contribution in [3.63, 3.8) is 0 Å². The van der Waals surface area contributed by atoms with E-state index in [-0.39, 0.29) is 23.4 Å². The molecule has 2 aromatic carbocycles. The molecule has 0 atom stereocenters. The molecule has 3 aromatic rings. The minimum atomic E-state index is -1.73.